The molecule has 1 unspecified atom stereocenters. The molecular weight excluding hydrogens is 434 g/mol. The molecule has 1 amide bonds. The Morgan fingerprint density at radius 2 is 1.88 bits per heavy atom. The number of carbonyl (C=O) groups excluding carboxylic acids is 2. The minimum absolute atomic E-state index is 0.0106. The summed E-state index contributed by atoms with van der Waals surface area (Å²) in [6.07, 6.45) is 0.870. The zero-order valence-electron chi connectivity index (χ0n) is 20.5. The van der Waals surface area contributed by atoms with Crippen LogP contribution in [0.2, 0.25) is 0 Å². The van der Waals surface area contributed by atoms with Crippen molar-refractivity contribution in [1.29, 1.82) is 0 Å². The van der Waals surface area contributed by atoms with Gasteiger partial charge in [0.25, 0.3) is 11.7 Å². The molecule has 0 aliphatic carbocycles. The number of Topliss-reactive ketones (excluding diaryl/α,β-unsaturated/α-hetero) is 1. The lowest BCUT2D eigenvalue weighted by Crippen LogP contribution is -2.33. The molecule has 0 radical (unpaired) electrons. The highest BCUT2D eigenvalue weighted by Gasteiger charge is 2.46. The normalized spacial score (nSPS) is 17.5. The first kappa shape index (κ1) is 25.3. The molecule has 7 heteroatoms. The summed E-state index contributed by atoms with van der Waals surface area (Å²) in [5, 5.41) is 11.3. The molecule has 1 aliphatic rings. The molecule has 1 saturated heterocycles. The van der Waals surface area contributed by atoms with Gasteiger partial charge in [0.2, 0.25) is 0 Å². The molecule has 1 fully saturated rings. The Labute approximate surface area is 200 Å². The van der Waals surface area contributed by atoms with Crippen molar-refractivity contribution in [3.05, 3.63) is 64.7 Å². The standard InChI is InChI=1S/C27H33NO6/c1-6-13-34-22-11-10-20(15-18(22)4)25(29)23-24(19-8-7-9-21(16-19)32-5)28(27(31)26(23)30)12-14-33-17(2)3/h7-11,15-17,24,29H,6,12-14H2,1-5H3/b25-23-. The van der Waals surface area contributed by atoms with Crippen LogP contribution in [0.3, 0.4) is 0 Å². The van der Waals surface area contributed by atoms with Crippen molar-refractivity contribution >= 4 is 17.4 Å². The van der Waals surface area contributed by atoms with E-state index in [2.05, 4.69) is 0 Å². The molecule has 0 spiro atoms. The molecule has 0 saturated carbocycles. The summed E-state index contributed by atoms with van der Waals surface area (Å²) in [5.74, 6) is -0.299. The van der Waals surface area contributed by atoms with Gasteiger partial charge in [-0.3, -0.25) is 9.59 Å². The van der Waals surface area contributed by atoms with Crippen molar-refractivity contribution in [2.45, 2.75) is 46.3 Å². The van der Waals surface area contributed by atoms with E-state index in [1.807, 2.05) is 33.8 Å². The van der Waals surface area contributed by atoms with Crippen LogP contribution in [0, 0.1) is 6.92 Å². The van der Waals surface area contributed by atoms with E-state index in [0.717, 1.165) is 12.0 Å². The summed E-state index contributed by atoms with van der Waals surface area (Å²) in [7, 11) is 1.55. The number of benzene rings is 2. The number of aliphatic hydroxyl groups excluding tert-OH is 1. The first-order chi connectivity index (χ1) is 16.3. The van der Waals surface area contributed by atoms with Gasteiger partial charge in [0.05, 0.1) is 38.0 Å². The molecule has 34 heavy (non-hydrogen) atoms. The molecule has 0 aromatic heterocycles. The molecule has 7 nitrogen and oxygen atoms in total. The van der Waals surface area contributed by atoms with Crippen molar-refractivity contribution in [3.63, 3.8) is 0 Å². The lowest BCUT2D eigenvalue weighted by molar-refractivity contribution is -0.140. The number of methoxy groups -OCH3 is 1. The van der Waals surface area contributed by atoms with Gasteiger partial charge in [-0.1, -0.05) is 19.1 Å². The summed E-state index contributed by atoms with van der Waals surface area (Å²) >= 11 is 0. The van der Waals surface area contributed by atoms with E-state index in [1.165, 1.54) is 4.90 Å². The van der Waals surface area contributed by atoms with E-state index in [4.69, 9.17) is 14.2 Å². The van der Waals surface area contributed by atoms with Crippen LogP contribution >= 0.6 is 0 Å². The van der Waals surface area contributed by atoms with Gasteiger partial charge in [0, 0.05) is 12.1 Å². The average molecular weight is 468 g/mol. The maximum atomic E-state index is 13.2. The third-order valence-corrected chi connectivity index (χ3v) is 5.64. The molecule has 3 rings (SSSR count). The van der Waals surface area contributed by atoms with Crippen LogP contribution in [-0.4, -0.2) is 54.7 Å². The fourth-order valence-electron chi connectivity index (χ4n) is 3.98. The highest BCUT2D eigenvalue weighted by Crippen LogP contribution is 2.40. The Kier molecular flexibility index (Phi) is 8.34. The highest BCUT2D eigenvalue weighted by atomic mass is 16.5. The zero-order valence-corrected chi connectivity index (χ0v) is 20.5. The molecule has 1 aliphatic heterocycles. The molecular formula is C27H33NO6. The van der Waals surface area contributed by atoms with Gasteiger partial charge in [-0.05, 0) is 68.7 Å². The second-order valence-electron chi connectivity index (χ2n) is 8.52. The van der Waals surface area contributed by atoms with E-state index in [-0.39, 0.29) is 30.6 Å². The summed E-state index contributed by atoms with van der Waals surface area (Å²) in [5.41, 5.74) is 1.99. The topological polar surface area (TPSA) is 85.3 Å². The van der Waals surface area contributed by atoms with Crippen LogP contribution in [0.1, 0.15) is 49.9 Å². The van der Waals surface area contributed by atoms with Crippen molar-refractivity contribution in [2.24, 2.45) is 0 Å². The maximum absolute atomic E-state index is 13.2. The monoisotopic (exact) mass is 467 g/mol. The lowest BCUT2D eigenvalue weighted by Gasteiger charge is -2.26. The van der Waals surface area contributed by atoms with Gasteiger partial charge in [0.1, 0.15) is 17.3 Å². The van der Waals surface area contributed by atoms with Crippen molar-refractivity contribution in [2.75, 3.05) is 26.9 Å². The highest BCUT2D eigenvalue weighted by molar-refractivity contribution is 6.46. The molecule has 1 heterocycles. The van der Waals surface area contributed by atoms with Crippen LogP contribution in [-0.2, 0) is 14.3 Å². The molecule has 0 bridgehead atoms. The van der Waals surface area contributed by atoms with Crippen molar-refractivity contribution in [1.82, 2.24) is 4.90 Å². The fraction of sp³-hybridized carbons (Fsp3) is 0.407. The van der Waals surface area contributed by atoms with E-state index < -0.39 is 17.7 Å². The number of hydrogen-bond acceptors (Lipinski definition) is 6. The predicted molar refractivity (Wildman–Crippen MR) is 130 cm³/mol. The number of hydrogen-bond donors (Lipinski definition) is 1. The van der Waals surface area contributed by atoms with Gasteiger partial charge in [-0.25, -0.2) is 0 Å². The van der Waals surface area contributed by atoms with Crippen LogP contribution in [0.4, 0.5) is 0 Å². The van der Waals surface area contributed by atoms with Gasteiger partial charge < -0.3 is 24.2 Å². The predicted octanol–water partition coefficient (Wildman–Crippen LogP) is 4.64. The Bertz CT molecular complexity index is 1070. The number of ether oxygens (including phenoxy) is 3. The third-order valence-electron chi connectivity index (χ3n) is 5.64. The minimum Gasteiger partial charge on any atom is -0.507 e. The van der Waals surface area contributed by atoms with E-state index in [0.29, 0.717) is 29.2 Å². The Morgan fingerprint density at radius 3 is 2.53 bits per heavy atom. The first-order valence-corrected chi connectivity index (χ1v) is 11.6. The zero-order chi connectivity index (χ0) is 24.8. The maximum Gasteiger partial charge on any atom is 0.295 e. The number of aryl methyl sites for hydroxylation is 1. The van der Waals surface area contributed by atoms with Gasteiger partial charge in [-0.2, -0.15) is 0 Å². The summed E-state index contributed by atoms with van der Waals surface area (Å²) in [6.45, 7) is 8.79. The van der Waals surface area contributed by atoms with Gasteiger partial charge in [0.15, 0.2) is 0 Å². The molecule has 1 atom stereocenters. The number of ketones is 1. The van der Waals surface area contributed by atoms with Crippen molar-refractivity contribution in [3.8, 4) is 11.5 Å². The van der Waals surface area contributed by atoms with Crippen LogP contribution in [0.25, 0.3) is 5.76 Å². The fourth-order valence-corrected chi connectivity index (χ4v) is 3.98. The molecule has 2 aromatic carbocycles. The molecule has 1 N–H and O–H groups in total. The molecule has 182 valence electrons. The average Bonchev–Trinajstić information content (AvgIpc) is 3.07. The smallest absolute Gasteiger partial charge is 0.295 e. The second kappa shape index (κ2) is 11.2. The molecule has 2 aromatic rings. The number of carbonyl (C=O) groups is 2. The third kappa shape index (κ3) is 5.42. The van der Waals surface area contributed by atoms with E-state index in [1.54, 1.807) is 43.5 Å². The van der Waals surface area contributed by atoms with Crippen LogP contribution < -0.4 is 9.47 Å². The summed E-state index contributed by atoms with van der Waals surface area (Å²) in [6, 6.07) is 11.6. The Morgan fingerprint density at radius 1 is 1.12 bits per heavy atom. The Balaban J connectivity index is 2.08. The summed E-state index contributed by atoms with van der Waals surface area (Å²) in [4.78, 5) is 27.6. The lowest BCUT2D eigenvalue weighted by atomic mass is 9.94. The number of likely N-dealkylation sites (tertiary alicyclic amines) is 1. The van der Waals surface area contributed by atoms with Crippen LogP contribution in [0.15, 0.2) is 48.0 Å². The number of nitrogens with zero attached hydrogens (tertiary/aromatic N) is 1. The SMILES string of the molecule is CCCOc1ccc(/C(O)=C2/C(=O)C(=O)N(CCOC(C)C)C2c2cccc(OC)c2)cc1C. The minimum atomic E-state index is -0.762. The van der Waals surface area contributed by atoms with Gasteiger partial charge >= 0.3 is 0 Å². The first-order valence-electron chi connectivity index (χ1n) is 11.6. The van der Waals surface area contributed by atoms with Crippen molar-refractivity contribution < 1.29 is 28.9 Å². The second-order valence-corrected chi connectivity index (χ2v) is 8.52. The number of amides is 1. The quantitative estimate of drug-likeness (QED) is 0.311. The van der Waals surface area contributed by atoms with Crippen LogP contribution in [0.5, 0.6) is 11.5 Å². The number of aliphatic hydroxyl groups is 1. The number of rotatable bonds is 10. The largest absolute Gasteiger partial charge is 0.507 e. The Hall–Kier alpha value is -3.32. The van der Waals surface area contributed by atoms with E-state index >= 15 is 0 Å². The van der Waals surface area contributed by atoms with E-state index in [9.17, 15) is 14.7 Å². The summed E-state index contributed by atoms with van der Waals surface area (Å²) < 4.78 is 16.7. The van der Waals surface area contributed by atoms with Gasteiger partial charge in [-0.15, -0.1) is 0 Å².